The van der Waals surface area contributed by atoms with Crippen LogP contribution in [0.2, 0.25) is 0 Å². The first kappa shape index (κ1) is 10.4. The second kappa shape index (κ2) is 3.77. The van der Waals surface area contributed by atoms with Gasteiger partial charge in [0.2, 0.25) is 0 Å². The molecule has 0 aliphatic heterocycles. The Hall–Kier alpha value is -2.17. The number of hydrogen-bond acceptors (Lipinski definition) is 2. The molecule has 4 nitrogen and oxygen atoms in total. The van der Waals surface area contributed by atoms with Crippen LogP contribution < -0.4 is 0 Å². The van der Waals surface area contributed by atoms with E-state index in [1.165, 1.54) is 18.3 Å². The second-order valence-corrected chi connectivity index (χ2v) is 3.41. The lowest BCUT2D eigenvalue weighted by molar-refractivity contribution is 0.0691. The number of hydrogen-bond donors (Lipinski definition) is 2. The number of halogens is 1. The Bertz CT molecular complexity index is 549. The summed E-state index contributed by atoms with van der Waals surface area (Å²) in [7, 11) is 0. The minimum atomic E-state index is -1.07. The average molecular weight is 220 g/mol. The number of nitrogens with one attached hydrogen (secondary N) is 1. The lowest BCUT2D eigenvalue weighted by Gasteiger charge is -2.01. The van der Waals surface area contributed by atoms with E-state index in [0.29, 0.717) is 17.0 Å². The minimum absolute atomic E-state index is 0.0127. The predicted molar refractivity (Wildman–Crippen MR) is 55.7 cm³/mol. The molecule has 16 heavy (non-hydrogen) atoms. The Morgan fingerprint density at radius 3 is 2.81 bits per heavy atom. The van der Waals surface area contributed by atoms with Gasteiger partial charge in [0.15, 0.2) is 0 Å². The normalized spacial score (nSPS) is 10.4. The van der Waals surface area contributed by atoms with Crippen molar-refractivity contribution in [2.24, 2.45) is 0 Å². The van der Waals surface area contributed by atoms with Gasteiger partial charge in [0, 0.05) is 5.56 Å². The molecular weight excluding hydrogens is 211 g/mol. The summed E-state index contributed by atoms with van der Waals surface area (Å²) < 4.78 is 12.9. The summed E-state index contributed by atoms with van der Waals surface area (Å²) in [6.45, 7) is 1.74. The third kappa shape index (κ3) is 1.79. The number of rotatable bonds is 2. The van der Waals surface area contributed by atoms with Gasteiger partial charge < -0.3 is 10.1 Å². The van der Waals surface area contributed by atoms with Crippen molar-refractivity contribution in [1.29, 1.82) is 0 Å². The monoisotopic (exact) mass is 220 g/mol. The molecule has 2 aromatic rings. The van der Waals surface area contributed by atoms with Gasteiger partial charge in [-0.25, -0.2) is 14.2 Å². The Morgan fingerprint density at radius 1 is 1.50 bits per heavy atom. The molecule has 1 heterocycles. The fourth-order valence-electron chi connectivity index (χ4n) is 1.46. The van der Waals surface area contributed by atoms with Gasteiger partial charge in [-0.2, -0.15) is 0 Å². The fraction of sp³-hybridized carbons (Fsp3) is 0.0909. The quantitative estimate of drug-likeness (QED) is 0.815. The predicted octanol–water partition coefficient (Wildman–Crippen LogP) is 2.22. The summed E-state index contributed by atoms with van der Waals surface area (Å²) in [5.41, 5.74) is 1.40. The molecule has 0 fully saturated rings. The van der Waals surface area contributed by atoms with Crippen molar-refractivity contribution >= 4 is 5.97 Å². The zero-order valence-electron chi connectivity index (χ0n) is 8.49. The molecule has 0 spiro atoms. The molecule has 0 saturated carbocycles. The summed E-state index contributed by atoms with van der Waals surface area (Å²) in [6.07, 6.45) is 1.24. The first-order valence-electron chi connectivity index (χ1n) is 4.63. The van der Waals surface area contributed by atoms with Crippen LogP contribution in [0.25, 0.3) is 11.4 Å². The highest BCUT2D eigenvalue weighted by molar-refractivity contribution is 5.86. The zero-order valence-corrected chi connectivity index (χ0v) is 8.49. The van der Waals surface area contributed by atoms with Crippen molar-refractivity contribution in [3.63, 3.8) is 0 Å². The summed E-state index contributed by atoms with van der Waals surface area (Å²) in [6, 6.07) is 4.25. The van der Waals surface area contributed by atoms with E-state index in [1.54, 1.807) is 13.0 Å². The maximum Gasteiger partial charge on any atom is 0.353 e. The third-order valence-electron chi connectivity index (χ3n) is 2.25. The van der Waals surface area contributed by atoms with E-state index in [1.807, 2.05) is 0 Å². The molecule has 0 atom stereocenters. The van der Waals surface area contributed by atoms with E-state index < -0.39 is 5.97 Å². The van der Waals surface area contributed by atoms with Crippen LogP contribution >= 0.6 is 0 Å². The molecule has 0 saturated heterocycles. The van der Waals surface area contributed by atoms with Crippen LogP contribution in [0.1, 0.15) is 16.1 Å². The van der Waals surface area contributed by atoms with Gasteiger partial charge >= 0.3 is 5.97 Å². The number of H-pyrrole nitrogens is 1. The summed E-state index contributed by atoms with van der Waals surface area (Å²) in [4.78, 5) is 17.2. The number of carboxylic acids is 1. The van der Waals surface area contributed by atoms with Crippen molar-refractivity contribution in [2.45, 2.75) is 6.92 Å². The molecule has 0 amide bonds. The molecule has 82 valence electrons. The number of carboxylic acid groups (broad SMARTS) is 1. The molecule has 0 aliphatic rings. The van der Waals surface area contributed by atoms with Crippen LogP contribution in [-0.4, -0.2) is 21.0 Å². The molecule has 0 unspecified atom stereocenters. The second-order valence-electron chi connectivity index (χ2n) is 3.41. The summed E-state index contributed by atoms with van der Waals surface area (Å²) in [5, 5.41) is 8.73. The molecule has 0 bridgehead atoms. The smallest absolute Gasteiger partial charge is 0.353 e. The fourth-order valence-corrected chi connectivity index (χ4v) is 1.46. The first-order valence-corrected chi connectivity index (χ1v) is 4.63. The number of nitrogens with zero attached hydrogens (tertiary/aromatic N) is 1. The minimum Gasteiger partial charge on any atom is -0.477 e. The van der Waals surface area contributed by atoms with E-state index >= 15 is 0 Å². The van der Waals surface area contributed by atoms with Gasteiger partial charge in [-0.05, 0) is 30.7 Å². The number of carbonyl (C=O) groups is 1. The Labute approximate surface area is 90.8 Å². The first-order chi connectivity index (χ1) is 7.58. The number of imidazole rings is 1. The molecule has 0 radical (unpaired) electrons. The van der Waals surface area contributed by atoms with Crippen LogP contribution in [0.3, 0.4) is 0 Å². The Kier molecular flexibility index (Phi) is 2.44. The molecular formula is C11H9FN2O2. The van der Waals surface area contributed by atoms with Crippen molar-refractivity contribution in [2.75, 3.05) is 0 Å². The van der Waals surface area contributed by atoms with Crippen LogP contribution in [0.4, 0.5) is 4.39 Å². The summed E-state index contributed by atoms with van der Waals surface area (Å²) in [5.74, 6) is -0.973. The van der Waals surface area contributed by atoms with Crippen LogP contribution in [-0.2, 0) is 0 Å². The van der Waals surface area contributed by atoms with E-state index in [-0.39, 0.29) is 11.5 Å². The molecule has 1 aromatic heterocycles. The van der Waals surface area contributed by atoms with Gasteiger partial charge in [-0.1, -0.05) is 0 Å². The Morgan fingerprint density at radius 2 is 2.25 bits per heavy atom. The number of aromatic amines is 1. The van der Waals surface area contributed by atoms with E-state index in [0.717, 1.165) is 0 Å². The molecule has 0 aliphatic carbocycles. The Balaban J connectivity index is 2.46. The average Bonchev–Trinajstić information content (AvgIpc) is 2.66. The lowest BCUT2D eigenvalue weighted by Crippen LogP contribution is -1.95. The highest BCUT2D eigenvalue weighted by Gasteiger charge is 2.10. The topological polar surface area (TPSA) is 66.0 Å². The molecule has 2 rings (SSSR count). The highest BCUT2D eigenvalue weighted by Crippen LogP contribution is 2.21. The van der Waals surface area contributed by atoms with E-state index in [2.05, 4.69) is 9.97 Å². The molecule has 2 N–H and O–H groups in total. The van der Waals surface area contributed by atoms with Crippen molar-refractivity contribution in [3.05, 3.63) is 41.5 Å². The summed E-state index contributed by atoms with van der Waals surface area (Å²) >= 11 is 0. The van der Waals surface area contributed by atoms with E-state index in [9.17, 15) is 9.18 Å². The number of aromatic nitrogens is 2. The number of aromatic carboxylic acids is 1. The third-order valence-corrected chi connectivity index (χ3v) is 2.25. The molecule has 1 aromatic carbocycles. The van der Waals surface area contributed by atoms with Gasteiger partial charge in [-0.15, -0.1) is 0 Å². The molecule has 5 heteroatoms. The standard InChI is InChI=1S/C11H9FN2O2/c1-6-4-7(12)2-3-8(6)10-13-5-9(14-10)11(15)16/h2-5H,1H3,(H,13,14)(H,15,16). The maximum absolute atomic E-state index is 12.9. The largest absolute Gasteiger partial charge is 0.477 e. The highest BCUT2D eigenvalue weighted by atomic mass is 19.1. The van der Waals surface area contributed by atoms with E-state index in [4.69, 9.17) is 5.11 Å². The van der Waals surface area contributed by atoms with Crippen LogP contribution in [0, 0.1) is 12.7 Å². The lowest BCUT2D eigenvalue weighted by atomic mass is 10.1. The zero-order chi connectivity index (χ0) is 11.7. The SMILES string of the molecule is Cc1cc(F)ccc1-c1ncc(C(=O)O)[nH]1. The van der Waals surface area contributed by atoms with Crippen LogP contribution in [0.5, 0.6) is 0 Å². The van der Waals surface area contributed by atoms with Crippen molar-refractivity contribution in [3.8, 4) is 11.4 Å². The van der Waals surface area contributed by atoms with Crippen LogP contribution in [0.15, 0.2) is 24.4 Å². The maximum atomic E-state index is 12.9. The van der Waals surface area contributed by atoms with Gasteiger partial charge in [0.1, 0.15) is 17.3 Å². The van der Waals surface area contributed by atoms with Gasteiger partial charge in [0.05, 0.1) is 6.20 Å². The number of aryl methyl sites for hydroxylation is 1. The van der Waals surface area contributed by atoms with Crippen molar-refractivity contribution in [1.82, 2.24) is 9.97 Å². The van der Waals surface area contributed by atoms with Gasteiger partial charge in [0.25, 0.3) is 0 Å². The van der Waals surface area contributed by atoms with Crippen molar-refractivity contribution < 1.29 is 14.3 Å². The van der Waals surface area contributed by atoms with Gasteiger partial charge in [-0.3, -0.25) is 0 Å². The number of benzene rings is 1.